The van der Waals surface area contributed by atoms with Crippen LogP contribution in [0.5, 0.6) is 0 Å². The van der Waals surface area contributed by atoms with Gasteiger partial charge < -0.3 is 5.32 Å². The highest BCUT2D eigenvalue weighted by Crippen LogP contribution is 2.45. The lowest BCUT2D eigenvalue weighted by Crippen LogP contribution is -2.37. The molecule has 1 aromatic rings. The van der Waals surface area contributed by atoms with Crippen LogP contribution >= 0.6 is 27.3 Å². The molecule has 0 aromatic carbocycles. The number of nitrogens with one attached hydrogen (secondary N) is 1. The molecular weight excluding hydrogens is 332 g/mol. The first kappa shape index (κ1) is 15.0. The monoisotopic (exact) mass is 356 g/mol. The molecule has 1 saturated carbocycles. The number of thiophene rings is 1. The quantitative estimate of drug-likeness (QED) is 0.862. The molecule has 1 aliphatic carbocycles. The van der Waals surface area contributed by atoms with E-state index in [1.54, 1.807) is 4.88 Å². The summed E-state index contributed by atoms with van der Waals surface area (Å²) in [5.74, 6) is 0.757. The zero-order valence-corrected chi connectivity index (χ0v) is 14.9. The van der Waals surface area contributed by atoms with Gasteiger partial charge in [-0.25, -0.2) is 0 Å². The summed E-state index contributed by atoms with van der Waals surface area (Å²) < 4.78 is 1.29. The van der Waals surface area contributed by atoms with Crippen LogP contribution in [0.4, 0.5) is 0 Å². The second-order valence-electron chi connectivity index (χ2n) is 6.28. The van der Waals surface area contributed by atoms with Crippen molar-refractivity contribution in [3.8, 4) is 0 Å². The molecule has 1 N–H and O–H groups in total. The van der Waals surface area contributed by atoms with Crippen molar-refractivity contribution in [2.75, 3.05) is 20.1 Å². The molecule has 0 bridgehead atoms. The highest BCUT2D eigenvalue weighted by atomic mass is 79.9. The van der Waals surface area contributed by atoms with Crippen molar-refractivity contribution in [1.82, 2.24) is 10.2 Å². The molecule has 0 radical (unpaired) electrons. The first-order valence-electron chi connectivity index (χ1n) is 7.87. The third-order valence-corrected chi connectivity index (χ3v) is 6.90. The summed E-state index contributed by atoms with van der Waals surface area (Å²) >= 11 is 5.70. The molecule has 3 rings (SSSR count). The minimum atomic E-state index is 0.632. The van der Waals surface area contributed by atoms with Crippen molar-refractivity contribution < 1.29 is 0 Å². The molecule has 2 aliphatic rings. The van der Waals surface area contributed by atoms with Gasteiger partial charge in [0.25, 0.3) is 0 Å². The summed E-state index contributed by atoms with van der Waals surface area (Å²) in [7, 11) is 2.10. The smallest absolute Gasteiger partial charge is 0.0485 e. The van der Waals surface area contributed by atoms with E-state index in [0.717, 1.165) is 18.5 Å². The van der Waals surface area contributed by atoms with Crippen LogP contribution in [-0.2, 0) is 0 Å². The van der Waals surface area contributed by atoms with Gasteiger partial charge >= 0.3 is 0 Å². The topological polar surface area (TPSA) is 15.3 Å². The maximum Gasteiger partial charge on any atom is 0.0485 e. The van der Waals surface area contributed by atoms with E-state index in [0.29, 0.717) is 6.04 Å². The number of likely N-dealkylation sites (tertiary alicyclic amines) is 1. The Morgan fingerprint density at radius 1 is 1.35 bits per heavy atom. The number of aryl methyl sites for hydroxylation is 1. The SMILES string of the molecule is CNCC1CCCCN(C2CC2)C1c1cc(Br)c(C)s1. The Kier molecular flexibility index (Phi) is 4.86. The van der Waals surface area contributed by atoms with Gasteiger partial charge in [-0.1, -0.05) is 6.42 Å². The Bertz CT molecular complexity index is 436. The summed E-state index contributed by atoms with van der Waals surface area (Å²) in [5.41, 5.74) is 0. The lowest BCUT2D eigenvalue weighted by Gasteiger charge is -2.34. The zero-order valence-electron chi connectivity index (χ0n) is 12.5. The summed E-state index contributed by atoms with van der Waals surface area (Å²) in [4.78, 5) is 5.82. The van der Waals surface area contributed by atoms with Gasteiger partial charge in [-0.2, -0.15) is 0 Å². The van der Waals surface area contributed by atoms with Crippen molar-refractivity contribution in [3.05, 3.63) is 20.3 Å². The van der Waals surface area contributed by atoms with Crippen molar-refractivity contribution in [2.45, 2.75) is 51.1 Å². The highest BCUT2D eigenvalue weighted by Gasteiger charge is 2.39. The zero-order chi connectivity index (χ0) is 14.1. The molecule has 0 amide bonds. The van der Waals surface area contributed by atoms with E-state index in [1.165, 1.54) is 48.0 Å². The van der Waals surface area contributed by atoms with E-state index in [4.69, 9.17) is 0 Å². The number of hydrogen-bond donors (Lipinski definition) is 1. The van der Waals surface area contributed by atoms with Gasteiger partial charge in [-0.05, 0) is 80.7 Å². The maximum atomic E-state index is 3.71. The molecule has 2 nitrogen and oxygen atoms in total. The van der Waals surface area contributed by atoms with Gasteiger partial charge in [0, 0.05) is 26.3 Å². The lowest BCUT2D eigenvalue weighted by atomic mass is 9.93. The van der Waals surface area contributed by atoms with Crippen molar-refractivity contribution in [3.63, 3.8) is 0 Å². The Morgan fingerprint density at radius 3 is 2.75 bits per heavy atom. The largest absolute Gasteiger partial charge is 0.319 e. The molecular formula is C16H25BrN2S. The van der Waals surface area contributed by atoms with Crippen molar-refractivity contribution >= 4 is 27.3 Å². The molecule has 2 fully saturated rings. The fourth-order valence-electron chi connectivity index (χ4n) is 3.58. The second kappa shape index (κ2) is 6.47. The molecule has 1 aliphatic heterocycles. The molecule has 1 saturated heterocycles. The van der Waals surface area contributed by atoms with Gasteiger partial charge in [-0.3, -0.25) is 4.90 Å². The van der Waals surface area contributed by atoms with Gasteiger partial charge in [0.2, 0.25) is 0 Å². The van der Waals surface area contributed by atoms with Crippen LogP contribution in [0.25, 0.3) is 0 Å². The number of halogens is 1. The number of hydrogen-bond acceptors (Lipinski definition) is 3. The first-order valence-corrected chi connectivity index (χ1v) is 9.48. The molecule has 4 heteroatoms. The van der Waals surface area contributed by atoms with Crippen LogP contribution in [0.3, 0.4) is 0 Å². The molecule has 2 unspecified atom stereocenters. The van der Waals surface area contributed by atoms with E-state index < -0.39 is 0 Å². The molecule has 2 heterocycles. The molecule has 0 spiro atoms. The van der Waals surface area contributed by atoms with E-state index in [1.807, 2.05) is 11.3 Å². The van der Waals surface area contributed by atoms with Crippen LogP contribution in [-0.4, -0.2) is 31.1 Å². The van der Waals surface area contributed by atoms with E-state index >= 15 is 0 Å². The lowest BCUT2D eigenvalue weighted by molar-refractivity contribution is 0.148. The average Bonchev–Trinajstić information content (AvgIpc) is 3.20. The summed E-state index contributed by atoms with van der Waals surface area (Å²) in [6, 6.07) is 3.87. The van der Waals surface area contributed by atoms with Crippen molar-refractivity contribution in [1.29, 1.82) is 0 Å². The van der Waals surface area contributed by atoms with Crippen LogP contribution in [0.15, 0.2) is 10.5 Å². The minimum absolute atomic E-state index is 0.632. The fraction of sp³-hybridized carbons (Fsp3) is 0.750. The fourth-order valence-corrected chi connectivity index (χ4v) is 5.36. The Hall–Kier alpha value is 0.1000. The normalized spacial score (nSPS) is 28.6. The molecule has 112 valence electrons. The van der Waals surface area contributed by atoms with Gasteiger partial charge in [0.1, 0.15) is 0 Å². The van der Waals surface area contributed by atoms with Gasteiger partial charge in [0.15, 0.2) is 0 Å². The van der Waals surface area contributed by atoms with Crippen molar-refractivity contribution in [2.24, 2.45) is 5.92 Å². The van der Waals surface area contributed by atoms with Crippen LogP contribution in [0.1, 0.15) is 47.9 Å². The minimum Gasteiger partial charge on any atom is -0.319 e. The number of rotatable bonds is 4. The van der Waals surface area contributed by atoms with Gasteiger partial charge in [-0.15, -0.1) is 11.3 Å². The Morgan fingerprint density at radius 2 is 2.15 bits per heavy atom. The number of nitrogens with zero attached hydrogens (tertiary/aromatic N) is 1. The Balaban J connectivity index is 1.92. The molecule has 20 heavy (non-hydrogen) atoms. The maximum absolute atomic E-state index is 3.71. The van der Waals surface area contributed by atoms with E-state index in [9.17, 15) is 0 Å². The summed E-state index contributed by atoms with van der Waals surface area (Å²) in [6.45, 7) is 4.66. The van der Waals surface area contributed by atoms with Gasteiger partial charge in [0.05, 0.1) is 0 Å². The highest BCUT2D eigenvalue weighted by molar-refractivity contribution is 9.10. The predicted molar refractivity (Wildman–Crippen MR) is 90.5 cm³/mol. The average molecular weight is 357 g/mol. The molecule has 2 atom stereocenters. The third kappa shape index (κ3) is 3.13. The predicted octanol–water partition coefficient (Wildman–Crippen LogP) is 4.34. The molecule has 1 aromatic heterocycles. The first-order chi connectivity index (χ1) is 9.70. The third-order valence-electron chi connectivity index (χ3n) is 4.70. The van der Waals surface area contributed by atoms with E-state index in [2.05, 4.69) is 46.2 Å². The summed E-state index contributed by atoms with van der Waals surface area (Å²) in [6.07, 6.45) is 6.95. The van der Waals surface area contributed by atoms with E-state index in [-0.39, 0.29) is 0 Å². The van der Waals surface area contributed by atoms with Crippen LogP contribution in [0, 0.1) is 12.8 Å². The van der Waals surface area contributed by atoms with Crippen LogP contribution < -0.4 is 5.32 Å². The summed E-state index contributed by atoms with van der Waals surface area (Å²) in [5, 5.41) is 3.43. The Labute approximate surface area is 135 Å². The second-order valence-corrected chi connectivity index (χ2v) is 8.42. The van der Waals surface area contributed by atoms with Crippen LogP contribution in [0.2, 0.25) is 0 Å². The standard InChI is InChI=1S/C16H25BrN2S/c1-11-14(17)9-15(20-11)16-12(10-18-2)5-3-4-8-19(16)13-6-7-13/h9,12-13,16,18H,3-8,10H2,1-2H3.